The van der Waals surface area contributed by atoms with Crippen molar-refractivity contribution in [1.29, 1.82) is 0 Å². The third-order valence-corrected chi connectivity index (χ3v) is 6.49. The molecule has 166 valence electrons. The zero-order valence-electron chi connectivity index (χ0n) is 17.3. The van der Waals surface area contributed by atoms with E-state index in [9.17, 15) is 8.42 Å². The standard InChI is InChI=1S/C19H23ClN6O4S/c1-13(16(30-3)17-21-11-15(20)12-22-17)31(27,28)25-19-24-23-18(26(19)9-10-29-2)14-7-5-4-6-8-14/h4-8,11-13,16H,9-10H2,1-3H3,(H,24,25)/t13-,16-/m0/s1. The molecule has 31 heavy (non-hydrogen) atoms. The second-order valence-electron chi connectivity index (χ2n) is 6.63. The molecule has 1 aromatic carbocycles. The molecular weight excluding hydrogens is 444 g/mol. The third-order valence-electron chi connectivity index (χ3n) is 4.60. The number of halogens is 1. The van der Waals surface area contributed by atoms with Gasteiger partial charge in [-0.25, -0.2) is 18.4 Å². The molecule has 0 amide bonds. The van der Waals surface area contributed by atoms with Crippen LogP contribution in [0, 0.1) is 0 Å². The van der Waals surface area contributed by atoms with Crippen LogP contribution in [0.2, 0.25) is 5.02 Å². The van der Waals surface area contributed by atoms with Crippen molar-refractivity contribution in [2.24, 2.45) is 0 Å². The zero-order chi connectivity index (χ0) is 22.4. The highest BCUT2D eigenvalue weighted by atomic mass is 35.5. The van der Waals surface area contributed by atoms with Crippen LogP contribution in [0.3, 0.4) is 0 Å². The van der Waals surface area contributed by atoms with Gasteiger partial charge in [0.05, 0.1) is 18.2 Å². The van der Waals surface area contributed by atoms with Gasteiger partial charge in [-0.2, -0.15) is 0 Å². The van der Waals surface area contributed by atoms with Crippen molar-refractivity contribution >= 4 is 27.6 Å². The van der Waals surface area contributed by atoms with Gasteiger partial charge in [-0.1, -0.05) is 41.9 Å². The maximum atomic E-state index is 13.1. The van der Waals surface area contributed by atoms with Crippen LogP contribution in [0.1, 0.15) is 18.9 Å². The summed E-state index contributed by atoms with van der Waals surface area (Å²) in [7, 11) is -0.996. The van der Waals surface area contributed by atoms with Gasteiger partial charge in [0.25, 0.3) is 0 Å². The van der Waals surface area contributed by atoms with Crippen LogP contribution in [-0.2, 0) is 26.0 Å². The van der Waals surface area contributed by atoms with Crippen LogP contribution in [0.5, 0.6) is 0 Å². The van der Waals surface area contributed by atoms with Gasteiger partial charge in [-0.05, 0) is 6.92 Å². The van der Waals surface area contributed by atoms with Crippen molar-refractivity contribution in [3.05, 3.63) is 53.6 Å². The lowest BCUT2D eigenvalue weighted by Gasteiger charge is -2.22. The number of nitrogens with one attached hydrogen (secondary N) is 1. The predicted octanol–water partition coefficient (Wildman–Crippen LogP) is 2.55. The summed E-state index contributed by atoms with van der Waals surface area (Å²) in [6.07, 6.45) is 1.85. The van der Waals surface area contributed by atoms with Crippen molar-refractivity contribution in [2.75, 3.05) is 25.5 Å². The predicted molar refractivity (Wildman–Crippen MR) is 116 cm³/mol. The topological polar surface area (TPSA) is 121 Å². The van der Waals surface area contributed by atoms with Gasteiger partial charge in [0.15, 0.2) is 11.6 Å². The first-order valence-electron chi connectivity index (χ1n) is 9.36. The Hall–Kier alpha value is -2.60. The summed E-state index contributed by atoms with van der Waals surface area (Å²) in [6, 6.07) is 9.35. The molecule has 0 unspecified atom stereocenters. The van der Waals surface area contributed by atoms with E-state index in [1.54, 1.807) is 11.7 Å². The molecule has 0 aliphatic heterocycles. The molecule has 3 rings (SSSR count). The van der Waals surface area contributed by atoms with E-state index < -0.39 is 21.4 Å². The Balaban J connectivity index is 1.90. The minimum Gasteiger partial charge on any atom is -0.383 e. The zero-order valence-corrected chi connectivity index (χ0v) is 18.8. The molecule has 2 atom stereocenters. The Morgan fingerprint density at radius 3 is 2.42 bits per heavy atom. The lowest BCUT2D eigenvalue weighted by atomic mass is 10.2. The highest BCUT2D eigenvalue weighted by molar-refractivity contribution is 7.93. The van der Waals surface area contributed by atoms with E-state index in [-0.39, 0.29) is 11.8 Å². The number of hydrogen-bond acceptors (Lipinski definition) is 8. The Morgan fingerprint density at radius 1 is 1.13 bits per heavy atom. The van der Waals surface area contributed by atoms with Crippen LogP contribution in [0.4, 0.5) is 5.95 Å². The van der Waals surface area contributed by atoms with Crippen LogP contribution in [0.25, 0.3) is 11.4 Å². The summed E-state index contributed by atoms with van der Waals surface area (Å²) in [4.78, 5) is 8.17. The molecule has 0 fully saturated rings. The average molecular weight is 467 g/mol. The summed E-state index contributed by atoms with van der Waals surface area (Å²) in [6.45, 7) is 2.21. The largest absolute Gasteiger partial charge is 0.383 e. The highest BCUT2D eigenvalue weighted by Crippen LogP contribution is 2.26. The van der Waals surface area contributed by atoms with Crippen LogP contribution in [0.15, 0.2) is 42.7 Å². The molecule has 2 heterocycles. The molecule has 1 N–H and O–H groups in total. The van der Waals surface area contributed by atoms with E-state index in [2.05, 4.69) is 24.9 Å². The molecule has 2 aromatic heterocycles. The van der Waals surface area contributed by atoms with E-state index in [1.807, 2.05) is 30.3 Å². The van der Waals surface area contributed by atoms with Crippen LogP contribution in [-0.4, -0.2) is 59.2 Å². The number of ether oxygens (including phenoxy) is 2. The summed E-state index contributed by atoms with van der Waals surface area (Å²) in [5.74, 6) is 0.803. The van der Waals surface area contributed by atoms with Gasteiger partial charge in [0.1, 0.15) is 11.4 Å². The van der Waals surface area contributed by atoms with E-state index in [0.29, 0.717) is 24.0 Å². The van der Waals surface area contributed by atoms with Gasteiger partial charge < -0.3 is 9.47 Å². The SMILES string of the molecule is COCCn1c(NS(=O)(=O)[C@@H](C)[C@H](OC)c2ncc(Cl)cn2)nnc1-c1ccccc1. The number of benzene rings is 1. The monoisotopic (exact) mass is 466 g/mol. The van der Waals surface area contributed by atoms with Crippen LogP contribution < -0.4 is 4.72 Å². The molecule has 12 heteroatoms. The Morgan fingerprint density at radius 2 is 1.81 bits per heavy atom. The number of aromatic nitrogens is 5. The fourth-order valence-electron chi connectivity index (χ4n) is 2.93. The number of rotatable bonds is 10. The van der Waals surface area contributed by atoms with Gasteiger partial charge >= 0.3 is 0 Å². The minimum atomic E-state index is -3.95. The second kappa shape index (κ2) is 10.1. The lowest BCUT2D eigenvalue weighted by molar-refractivity contribution is 0.0950. The third kappa shape index (κ3) is 5.37. The summed E-state index contributed by atoms with van der Waals surface area (Å²) >= 11 is 5.82. The molecule has 0 spiro atoms. The van der Waals surface area contributed by atoms with Crippen molar-refractivity contribution in [3.8, 4) is 11.4 Å². The Labute approximate surface area is 185 Å². The minimum absolute atomic E-state index is 0.0784. The van der Waals surface area contributed by atoms with E-state index in [4.69, 9.17) is 21.1 Å². The number of methoxy groups -OCH3 is 2. The molecule has 3 aromatic rings. The molecule has 10 nitrogen and oxygen atoms in total. The maximum Gasteiger partial charge on any atom is 0.240 e. The first kappa shape index (κ1) is 23.1. The molecule has 0 aliphatic rings. The van der Waals surface area contributed by atoms with E-state index in [0.717, 1.165) is 5.56 Å². The molecule has 0 saturated carbocycles. The van der Waals surface area contributed by atoms with Gasteiger partial charge in [-0.3, -0.25) is 9.29 Å². The number of sulfonamides is 1. The Kier molecular flexibility index (Phi) is 7.55. The van der Waals surface area contributed by atoms with Crippen molar-refractivity contribution < 1.29 is 17.9 Å². The first-order valence-corrected chi connectivity index (χ1v) is 11.3. The van der Waals surface area contributed by atoms with Gasteiger partial charge in [-0.15, -0.1) is 10.2 Å². The van der Waals surface area contributed by atoms with Crippen molar-refractivity contribution in [2.45, 2.75) is 24.8 Å². The van der Waals surface area contributed by atoms with E-state index in [1.165, 1.54) is 26.4 Å². The fourth-order valence-corrected chi connectivity index (χ4v) is 4.18. The second-order valence-corrected chi connectivity index (χ2v) is 9.10. The number of anilines is 1. The molecule has 0 aliphatic carbocycles. The normalized spacial score (nSPS) is 13.7. The van der Waals surface area contributed by atoms with Crippen molar-refractivity contribution in [1.82, 2.24) is 24.7 Å². The number of nitrogens with zero attached hydrogens (tertiary/aromatic N) is 5. The summed E-state index contributed by atoms with van der Waals surface area (Å²) < 4.78 is 41.0. The number of hydrogen-bond donors (Lipinski definition) is 1. The summed E-state index contributed by atoms with van der Waals surface area (Å²) in [5, 5.41) is 7.54. The van der Waals surface area contributed by atoms with Crippen molar-refractivity contribution in [3.63, 3.8) is 0 Å². The Bertz CT molecular complexity index is 1090. The smallest absolute Gasteiger partial charge is 0.240 e. The molecular formula is C19H23ClN6O4S. The lowest BCUT2D eigenvalue weighted by Crippen LogP contribution is -2.33. The molecule has 0 radical (unpaired) electrons. The average Bonchev–Trinajstić information content (AvgIpc) is 3.16. The van der Waals surface area contributed by atoms with Gasteiger partial charge in [0, 0.05) is 32.2 Å². The van der Waals surface area contributed by atoms with Gasteiger partial charge in [0.2, 0.25) is 16.0 Å². The molecule has 0 saturated heterocycles. The van der Waals surface area contributed by atoms with Crippen LogP contribution >= 0.6 is 11.6 Å². The quantitative estimate of drug-likeness (QED) is 0.483. The maximum absolute atomic E-state index is 13.1. The molecule has 0 bridgehead atoms. The first-order chi connectivity index (χ1) is 14.9. The van der Waals surface area contributed by atoms with E-state index >= 15 is 0 Å². The fraction of sp³-hybridized carbons (Fsp3) is 0.368. The highest BCUT2D eigenvalue weighted by Gasteiger charge is 2.34. The summed E-state index contributed by atoms with van der Waals surface area (Å²) in [5.41, 5.74) is 0.800.